The van der Waals surface area contributed by atoms with Gasteiger partial charge in [0.05, 0.1) is 4.92 Å². The van der Waals surface area contributed by atoms with Crippen molar-refractivity contribution in [3.63, 3.8) is 0 Å². The Hall–Kier alpha value is -4.28. The van der Waals surface area contributed by atoms with Gasteiger partial charge in [-0.25, -0.2) is 4.79 Å². The van der Waals surface area contributed by atoms with Gasteiger partial charge in [-0.15, -0.1) is 0 Å². The van der Waals surface area contributed by atoms with E-state index in [1.807, 2.05) is 0 Å². The molecule has 2 aromatic rings. The number of imide groups is 1. The molecule has 0 aliphatic carbocycles. The molecule has 0 radical (unpaired) electrons. The molecule has 3 rings (SSSR count). The number of nitro benzene ring substituents is 1. The third-order valence-corrected chi connectivity index (χ3v) is 4.72. The first-order chi connectivity index (χ1) is 14.6. The normalized spacial score (nSPS) is 17.8. The lowest BCUT2D eigenvalue weighted by Crippen LogP contribution is -2.42. The van der Waals surface area contributed by atoms with Gasteiger partial charge >= 0.3 is 6.03 Å². The van der Waals surface area contributed by atoms with Crippen molar-refractivity contribution in [2.45, 2.75) is 19.4 Å². The molecule has 31 heavy (non-hydrogen) atoms. The van der Waals surface area contributed by atoms with Gasteiger partial charge in [0.15, 0.2) is 0 Å². The van der Waals surface area contributed by atoms with Gasteiger partial charge in [-0.1, -0.05) is 0 Å². The maximum atomic E-state index is 12.9. The second kappa shape index (κ2) is 8.22. The highest BCUT2D eigenvalue weighted by Crippen LogP contribution is 2.30. The lowest BCUT2D eigenvalue weighted by molar-refractivity contribution is -0.384. The molecule has 1 fully saturated rings. The number of anilines is 2. The number of urea groups is 1. The zero-order valence-corrected chi connectivity index (χ0v) is 16.7. The van der Waals surface area contributed by atoms with Crippen molar-refractivity contribution in [2.24, 2.45) is 0 Å². The van der Waals surface area contributed by atoms with Crippen LogP contribution in [0, 0.1) is 10.1 Å². The fourth-order valence-corrected chi connectivity index (χ4v) is 3.14. The number of non-ortho nitro benzene ring substituents is 1. The van der Waals surface area contributed by atoms with E-state index < -0.39 is 34.9 Å². The van der Waals surface area contributed by atoms with Gasteiger partial charge in [0, 0.05) is 30.4 Å². The summed E-state index contributed by atoms with van der Waals surface area (Å²) in [7, 11) is 0. The molecule has 0 saturated carbocycles. The van der Waals surface area contributed by atoms with Gasteiger partial charge in [0.1, 0.15) is 12.1 Å². The molecule has 1 saturated heterocycles. The molecule has 1 aliphatic heterocycles. The van der Waals surface area contributed by atoms with E-state index in [-0.39, 0.29) is 11.6 Å². The maximum Gasteiger partial charge on any atom is 0.325 e. The number of carbonyl (C=O) groups is 4. The number of carbonyl (C=O) groups excluding carboxylic acids is 4. The minimum atomic E-state index is -1.45. The molecule has 0 spiro atoms. The Morgan fingerprint density at radius 3 is 2.10 bits per heavy atom. The van der Waals surface area contributed by atoms with Crippen LogP contribution in [0.1, 0.15) is 19.4 Å². The topological polar surface area (TPSA) is 151 Å². The van der Waals surface area contributed by atoms with Crippen LogP contribution >= 0.6 is 0 Å². The summed E-state index contributed by atoms with van der Waals surface area (Å²) in [6.45, 7) is 2.33. The van der Waals surface area contributed by atoms with Crippen LogP contribution in [-0.2, 0) is 19.9 Å². The van der Waals surface area contributed by atoms with Gasteiger partial charge in [-0.3, -0.25) is 29.4 Å². The van der Waals surface area contributed by atoms with Crippen molar-refractivity contribution in [3.8, 4) is 0 Å². The van der Waals surface area contributed by atoms with E-state index in [1.165, 1.54) is 38.1 Å². The van der Waals surface area contributed by atoms with Crippen LogP contribution < -0.4 is 16.0 Å². The Balaban J connectivity index is 1.68. The second-order valence-electron chi connectivity index (χ2n) is 7.06. The van der Waals surface area contributed by atoms with Crippen molar-refractivity contribution in [1.82, 2.24) is 10.2 Å². The molecular weight excluding hydrogens is 406 g/mol. The Morgan fingerprint density at radius 2 is 1.58 bits per heavy atom. The molecule has 2 aromatic carbocycles. The monoisotopic (exact) mass is 425 g/mol. The van der Waals surface area contributed by atoms with Crippen LogP contribution in [0.15, 0.2) is 48.5 Å². The fraction of sp³-hybridized carbons (Fsp3) is 0.200. The molecule has 1 atom stereocenters. The summed E-state index contributed by atoms with van der Waals surface area (Å²) >= 11 is 0. The van der Waals surface area contributed by atoms with Crippen LogP contribution in [0.5, 0.6) is 0 Å². The molecule has 0 unspecified atom stereocenters. The third-order valence-electron chi connectivity index (χ3n) is 4.72. The zero-order chi connectivity index (χ0) is 22.8. The number of rotatable bonds is 6. The quantitative estimate of drug-likeness (QED) is 0.366. The predicted molar refractivity (Wildman–Crippen MR) is 110 cm³/mol. The zero-order valence-electron chi connectivity index (χ0n) is 16.7. The molecule has 1 heterocycles. The highest BCUT2D eigenvalue weighted by atomic mass is 16.6. The molecule has 3 N–H and O–H groups in total. The minimum Gasteiger partial charge on any atom is -0.326 e. The second-order valence-corrected chi connectivity index (χ2v) is 7.06. The first kappa shape index (κ1) is 21.4. The van der Waals surface area contributed by atoms with Gasteiger partial charge in [0.25, 0.3) is 11.6 Å². The molecule has 1 aliphatic rings. The molecular formula is C20H19N5O6. The average Bonchev–Trinajstić information content (AvgIpc) is 2.93. The van der Waals surface area contributed by atoms with E-state index in [1.54, 1.807) is 24.3 Å². The summed E-state index contributed by atoms with van der Waals surface area (Å²) < 4.78 is 0. The average molecular weight is 425 g/mol. The van der Waals surface area contributed by atoms with Gasteiger partial charge in [-0.2, -0.15) is 0 Å². The van der Waals surface area contributed by atoms with Crippen molar-refractivity contribution in [1.29, 1.82) is 0 Å². The molecule has 11 heteroatoms. The number of nitro groups is 1. The molecule has 11 nitrogen and oxygen atoms in total. The van der Waals surface area contributed by atoms with Crippen LogP contribution in [0.3, 0.4) is 0 Å². The predicted octanol–water partition coefficient (Wildman–Crippen LogP) is 1.96. The Labute approximate surface area is 176 Å². The van der Waals surface area contributed by atoms with Crippen molar-refractivity contribution in [3.05, 3.63) is 64.2 Å². The van der Waals surface area contributed by atoms with E-state index >= 15 is 0 Å². The van der Waals surface area contributed by atoms with E-state index in [9.17, 15) is 29.3 Å². The number of nitrogens with one attached hydrogen (secondary N) is 3. The smallest absolute Gasteiger partial charge is 0.325 e. The SMILES string of the molecule is CC(=O)Nc1ccc(NC(=O)CN2C(=O)N[C@@](C)(c3ccc([N+](=O)[O-])cc3)C2=O)cc1. The van der Waals surface area contributed by atoms with E-state index in [0.717, 1.165) is 4.90 Å². The summed E-state index contributed by atoms with van der Waals surface area (Å²) in [5, 5.41) is 18.5. The third kappa shape index (κ3) is 4.50. The van der Waals surface area contributed by atoms with E-state index in [0.29, 0.717) is 16.9 Å². The number of benzene rings is 2. The van der Waals surface area contributed by atoms with Gasteiger partial charge in [-0.05, 0) is 48.9 Å². The number of hydrogen-bond acceptors (Lipinski definition) is 6. The molecule has 5 amide bonds. The molecule has 0 bridgehead atoms. The van der Waals surface area contributed by atoms with Crippen LogP contribution in [-0.4, -0.2) is 40.1 Å². The number of nitrogens with zero attached hydrogens (tertiary/aromatic N) is 2. The Bertz CT molecular complexity index is 1070. The van der Waals surface area contributed by atoms with Crippen molar-refractivity contribution in [2.75, 3.05) is 17.2 Å². The minimum absolute atomic E-state index is 0.148. The van der Waals surface area contributed by atoms with E-state index in [4.69, 9.17) is 0 Å². The summed E-state index contributed by atoms with van der Waals surface area (Å²) in [5.74, 6) is -1.47. The summed E-state index contributed by atoms with van der Waals surface area (Å²) in [6, 6.07) is 10.8. The first-order valence-electron chi connectivity index (χ1n) is 9.16. The van der Waals surface area contributed by atoms with Gasteiger partial charge in [0.2, 0.25) is 11.8 Å². The van der Waals surface area contributed by atoms with Crippen LogP contribution in [0.2, 0.25) is 0 Å². The highest BCUT2D eigenvalue weighted by Gasteiger charge is 2.49. The Kier molecular flexibility index (Phi) is 5.68. The Morgan fingerprint density at radius 1 is 1.03 bits per heavy atom. The molecule has 160 valence electrons. The highest BCUT2D eigenvalue weighted by molar-refractivity contribution is 6.10. The summed E-state index contributed by atoms with van der Waals surface area (Å²) in [6.07, 6.45) is 0. The van der Waals surface area contributed by atoms with Crippen molar-refractivity contribution >= 4 is 40.8 Å². The standard InChI is InChI=1S/C20H19N5O6/c1-12(26)21-14-5-7-15(8-6-14)22-17(27)11-24-18(28)20(2,23-19(24)29)13-3-9-16(10-4-13)25(30)31/h3-10H,11H2,1-2H3,(H,21,26)(H,22,27)(H,23,29)/t20-/m0/s1. The first-order valence-corrected chi connectivity index (χ1v) is 9.16. The largest absolute Gasteiger partial charge is 0.326 e. The van der Waals surface area contributed by atoms with Crippen molar-refractivity contribution < 1.29 is 24.1 Å². The van der Waals surface area contributed by atoms with Crippen LogP contribution in [0.25, 0.3) is 0 Å². The fourth-order valence-electron chi connectivity index (χ4n) is 3.14. The van der Waals surface area contributed by atoms with Crippen LogP contribution in [0.4, 0.5) is 21.9 Å². The van der Waals surface area contributed by atoms with Gasteiger partial charge < -0.3 is 16.0 Å². The maximum absolute atomic E-state index is 12.9. The number of hydrogen-bond donors (Lipinski definition) is 3. The lowest BCUT2D eigenvalue weighted by Gasteiger charge is -2.22. The summed E-state index contributed by atoms with van der Waals surface area (Å²) in [4.78, 5) is 59.7. The summed E-state index contributed by atoms with van der Waals surface area (Å²) in [5.41, 5.74) is -0.271. The van der Waals surface area contributed by atoms with E-state index in [2.05, 4.69) is 16.0 Å². The lowest BCUT2D eigenvalue weighted by atomic mass is 9.92. The number of amides is 5. The molecule has 0 aromatic heterocycles.